The van der Waals surface area contributed by atoms with Gasteiger partial charge < -0.3 is 10.1 Å². The van der Waals surface area contributed by atoms with Crippen molar-refractivity contribution in [3.8, 4) is 0 Å². The van der Waals surface area contributed by atoms with Crippen LogP contribution in [0.2, 0.25) is 0 Å². The number of hydrogen-bond donors (Lipinski definition) is 1. The summed E-state index contributed by atoms with van der Waals surface area (Å²) in [6.45, 7) is 3.39. The number of ketones is 1. The summed E-state index contributed by atoms with van der Waals surface area (Å²) in [5, 5.41) is 3.18. The highest BCUT2D eigenvalue weighted by molar-refractivity contribution is 6.12. The monoisotopic (exact) mass is 261 g/mol. The van der Waals surface area contributed by atoms with Gasteiger partial charge >= 0.3 is 5.97 Å². The molecule has 102 valence electrons. The van der Waals surface area contributed by atoms with Gasteiger partial charge in [-0.1, -0.05) is 30.3 Å². The lowest BCUT2D eigenvalue weighted by atomic mass is 9.73. The zero-order valence-corrected chi connectivity index (χ0v) is 11.1. The molecule has 0 aromatic heterocycles. The van der Waals surface area contributed by atoms with E-state index in [1.54, 1.807) is 19.1 Å². The molecule has 0 bridgehead atoms. The smallest absolute Gasteiger partial charge is 0.320 e. The van der Waals surface area contributed by atoms with Crippen LogP contribution in [0.1, 0.15) is 30.1 Å². The maximum atomic E-state index is 12.7. The molecule has 4 heteroatoms. The van der Waals surface area contributed by atoms with Crippen LogP contribution < -0.4 is 5.32 Å². The van der Waals surface area contributed by atoms with Gasteiger partial charge in [-0.3, -0.25) is 9.59 Å². The largest absolute Gasteiger partial charge is 0.465 e. The van der Waals surface area contributed by atoms with Crippen LogP contribution in [0.3, 0.4) is 0 Å². The molecule has 0 atom stereocenters. The first kappa shape index (κ1) is 13.7. The van der Waals surface area contributed by atoms with Crippen molar-refractivity contribution in [1.29, 1.82) is 0 Å². The molecule has 1 saturated heterocycles. The van der Waals surface area contributed by atoms with Crippen molar-refractivity contribution in [3.05, 3.63) is 35.9 Å². The average Bonchev–Trinajstić information content (AvgIpc) is 2.48. The molecule has 1 fully saturated rings. The van der Waals surface area contributed by atoms with E-state index >= 15 is 0 Å². The second-order valence-electron chi connectivity index (χ2n) is 4.75. The van der Waals surface area contributed by atoms with Crippen LogP contribution in [0.5, 0.6) is 0 Å². The molecule has 1 heterocycles. The first-order valence-corrected chi connectivity index (χ1v) is 6.68. The molecule has 0 radical (unpaired) electrons. The number of rotatable bonds is 4. The number of esters is 1. The predicted molar refractivity (Wildman–Crippen MR) is 71.9 cm³/mol. The second kappa shape index (κ2) is 5.97. The van der Waals surface area contributed by atoms with Crippen LogP contribution in [0.15, 0.2) is 30.3 Å². The minimum Gasteiger partial charge on any atom is -0.465 e. The molecular formula is C15H19NO3. The minimum absolute atomic E-state index is 0.118. The Hall–Kier alpha value is -1.68. The molecule has 0 amide bonds. The lowest BCUT2D eigenvalue weighted by molar-refractivity contribution is -0.153. The Morgan fingerprint density at radius 3 is 2.42 bits per heavy atom. The summed E-state index contributed by atoms with van der Waals surface area (Å²) in [6, 6.07) is 8.99. The molecule has 4 nitrogen and oxygen atoms in total. The number of ether oxygens (including phenoxy) is 1. The molecule has 0 unspecified atom stereocenters. The Labute approximate surface area is 113 Å². The molecule has 0 spiro atoms. The van der Waals surface area contributed by atoms with E-state index in [2.05, 4.69) is 5.32 Å². The summed E-state index contributed by atoms with van der Waals surface area (Å²) in [7, 11) is 0. The predicted octanol–water partition coefficient (Wildman–Crippen LogP) is 1.80. The van der Waals surface area contributed by atoms with Gasteiger partial charge in [-0.25, -0.2) is 0 Å². The molecule has 2 rings (SSSR count). The topological polar surface area (TPSA) is 55.4 Å². The van der Waals surface area contributed by atoms with Crippen LogP contribution in [0, 0.1) is 5.41 Å². The number of benzene rings is 1. The molecule has 0 aliphatic carbocycles. The lowest BCUT2D eigenvalue weighted by Crippen LogP contribution is -2.48. The highest BCUT2D eigenvalue weighted by atomic mass is 16.5. The van der Waals surface area contributed by atoms with Gasteiger partial charge in [0.05, 0.1) is 6.61 Å². The third-order valence-electron chi connectivity index (χ3n) is 3.59. The standard InChI is InChI=1S/C15H19NO3/c1-2-19-14(18)15(8-10-16-11-9-15)13(17)12-6-4-3-5-7-12/h3-7,16H,2,8-11H2,1H3. The number of hydrogen-bond acceptors (Lipinski definition) is 4. The molecular weight excluding hydrogens is 242 g/mol. The fourth-order valence-electron chi connectivity index (χ4n) is 2.51. The van der Waals surface area contributed by atoms with Crippen molar-refractivity contribution in [2.75, 3.05) is 19.7 Å². The van der Waals surface area contributed by atoms with Crippen LogP contribution in [-0.2, 0) is 9.53 Å². The SMILES string of the molecule is CCOC(=O)C1(C(=O)c2ccccc2)CCNCC1. The Kier molecular flexibility index (Phi) is 4.32. The first-order valence-electron chi connectivity index (χ1n) is 6.68. The van der Waals surface area contributed by atoms with Gasteiger partial charge in [0.25, 0.3) is 0 Å². The molecule has 1 aromatic carbocycles. The fraction of sp³-hybridized carbons (Fsp3) is 0.467. The maximum Gasteiger partial charge on any atom is 0.320 e. The van der Waals surface area contributed by atoms with E-state index in [1.165, 1.54) is 0 Å². The Morgan fingerprint density at radius 1 is 1.21 bits per heavy atom. The fourth-order valence-corrected chi connectivity index (χ4v) is 2.51. The highest BCUT2D eigenvalue weighted by Crippen LogP contribution is 2.34. The second-order valence-corrected chi connectivity index (χ2v) is 4.75. The molecule has 1 N–H and O–H groups in total. The van der Waals surface area contributed by atoms with Crippen molar-refractivity contribution < 1.29 is 14.3 Å². The summed E-state index contributed by atoms with van der Waals surface area (Å²) in [5.41, 5.74) is -0.430. The van der Waals surface area contributed by atoms with E-state index in [4.69, 9.17) is 4.74 Å². The first-order chi connectivity index (χ1) is 9.20. The van der Waals surface area contributed by atoms with Crippen LogP contribution in [-0.4, -0.2) is 31.4 Å². The quantitative estimate of drug-likeness (QED) is 0.510. The third-order valence-corrected chi connectivity index (χ3v) is 3.59. The van der Waals surface area contributed by atoms with Gasteiger partial charge in [-0.05, 0) is 32.9 Å². The van der Waals surface area contributed by atoms with Gasteiger partial charge in [-0.2, -0.15) is 0 Å². The van der Waals surface area contributed by atoms with Crippen LogP contribution in [0.4, 0.5) is 0 Å². The van der Waals surface area contributed by atoms with E-state index in [9.17, 15) is 9.59 Å². The van der Waals surface area contributed by atoms with Crippen molar-refractivity contribution in [3.63, 3.8) is 0 Å². The summed E-state index contributed by atoms with van der Waals surface area (Å²) in [5.74, 6) is -0.501. The van der Waals surface area contributed by atoms with Crippen molar-refractivity contribution >= 4 is 11.8 Å². The zero-order chi connectivity index (χ0) is 13.7. The summed E-state index contributed by atoms with van der Waals surface area (Å²) in [4.78, 5) is 25.0. The van der Waals surface area contributed by atoms with Gasteiger partial charge in [0.15, 0.2) is 5.78 Å². The van der Waals surface area contributed by atoms with Gasteiger partial charge in [0.1, 0.15) is 5.41 Å². The lowest BCUT2D eigenvalue weighted by Gasteiger charge is -2.33. The summed E-state index contributed by atoms with van der Waals surface area (Å²) >= 11 is 0. The van der Waals surface area contributed by atoms with E-state index in [0.29, 0.717) is 38.1 Å². The molecule has 1 aromatic rings. The van der Waals surface area contributed by atoms with E-state index < -0.39 is 5.41 Å². The van der Waals surface area contributed by atoms with E-state index in [1.807, 2.05) is 18.2 Å². The van der Waals surface area contributed by atoms with E-state index in [-0.39, 0.29) is 11.8 Å². The number of carbonyl (C=O) groups is 2. The Morgan fingerprint density at radius 2 is 1.84 bits per heavy atom. The number of Topliss-reactive ketones (excluding diaryl/α,β-unsaturated/α-hetero) is 1. The summed E-state index contributed by atoms with van der Waals surface area (Å²) in [6.07, 6.45) is 0.999. The Balaban J connectivity index is 2.32. The molecule has 19 heavy (non-hydrogen) atoms. The van der Waals surface area contributed by atoms with Crippen molar-refractivity contribution in [2.45, 2.75) is 19.8 Å². The number of carbonyl (C=O) groups excluding carboxylic acids is 2. The normalized spacial score (nSPS) is 17.7. The average molecular weight is 261 g/mol. The minimum atomic E-state index is -1.01. The van der Waals surface area contributed by atoms with Crippen molar-refractivity contribution in [1.82, 2.24) is 5.32 Å². The highest BCUT2D eigenvalue weighted by Gasteiger charge is 2.47. The van der Waals surface area contributed by atoms with Crippen LogP contribution >= 0.6 is 0 Å². The molecule has 1 aliphatic heterocycles. The number of nitrogens with one attached hydrogen (secondary N) is 1. The van der Waals surface area contributed by atoms with Gasteiger partial charge in [-0.15, -0.1) is 0 Å². The van der Waals surface area contributed by atoms with Crippen molar-refractivity contribution in [2.24, 2.45) is 5.41 Å². The Bertz CT molecular complexity index is 450. The van der Waals surface area contributed by atoms with Gasteiger partial charge in [0, 0.05) is 5.56 Å². The third kappa shape index (κ3) is 2.68. The molecule has 0 saturated carbocycles. The van der Waals surface area contributed by atoms with Gasteiger partial charge in [0.2, 0.25) is 0 Å². The maximum absolute atomic E-state index is 12.7. The van der Waals surface area contributed by atoms with Crippen LogP contribution in [0.25, 0.3) is 0 Å². The zero-order valence-electron chi connectivity index (χ0n) is 11.1. The number of piperidine rings is 1. The van der Waals surface area contributed by atoms with E-state index in [0.717, 1.165) is 0 Å². The molecule has 1 aliphatic rings. The summed E-state index contributed by atoms with van der Waals surface area (Å²) < 4.78 is 5.14.